The number of nitrogens with zero attached hydrogens (tertiary/aromatic N) is 2. The van der Waals surface area contributed by atoms with Crippen LogP contribution in [0.2, 0.25) is 0 Å². The van der Waals surface area contributed by atoms with Crippen molar-refractivity contribution in [2.75, 3.05) is 10.7 Å². The van der Waals surface area contributed by atoms with Crippen molar-refractivity contribution in [2.45, 2.75) is 0 Å². The molecule has 1 aliphatic heterocycles. The van der Waals surface area contributed by atoms with Gasteiger partial charge in [0.05, 0.1) is 11.4 Å². The van der Waals surface area contributed by atoms with Crippen LogP contribution in [0.3, 0.4) is 0 Å². The van der Waals surface area contributed by atoms with E-state index < -0.39 is 11.7 Å². The summed E-state index contributed by atoms with van der Waals surface area (Å²) in [5.74, 6) is -1.27. The molecule has 0 saturated heterocycles. The summed E-state index contributed by atoms with van der Waals surface area (Å²) in [5.41, 5.74) is 6.72. The van der Waals surface area contributed by atoms with Gasteiger partial charge in [-0.2, -0.15) is 0 Å². The Balaban J connectivity index is 1.97. The van der Waals surface area contributed by atoms with Gasteiger partial charge in [-0.1, -0.05) is 42.1 Å². The van der Waals surface area contributed by atoms with Crippen molar-refractivity contribution in [1.82, 2.24) is 0 Å². The molecular formula is C18H14FN3O2S. The smallest absolute Gasteiger partial charge is 0.283 e. The molecule has 3 rings (SSSR count). The van der Waals surface area contributed by atoms with Gasteiger partial charge in [0.15, 0.2) is 5.17 Å². The first-order valence-electron chi connectivity index (χ1n) is 7.41. The lowest BCUT2D eigenvalue weighted by Crippen LogP contribution is -2.31. The minimum Gasteiger partial charge on any atom is -0.369 e. The molecular weight excluding hydrogens is 341 g/mol. The number of hydrogen-bond acceptors (Lipinski definition) is 4. The maximum atomic E-state index is 13.2. The number of carbonyl (C=O) groups excluding carboxylic acids is 2. The quantitative estimate of drug-likeness (QED) is 0.857. The highest BCUT2D eigenvalue weighted by atomic mass is 32.2. The molecule has 2 aromatic carbocycles. The van der Waals surface area contributed by atoms with Crippen LogP contribution >= 0.6 is 11.8 Å². The summed E-state index contributed by atoms with van der Waals surface area (Å²) in [7, 11) is 0. The van der Waals surface area contributed by atoms with Gasteiger partial charge in [0.25, 0.3) is 5.91 Å². The average molecular weight is 355 g/mol. The SMILES string of the molecule is NC(=O)CSC1=N/C(=C/c2ccccc2)C(=O)N1c1ccc(F)cc1. The van der Waals surface area contributed by atoms with Crippen LogP contribution in [0.25, 0.3) is 6.08 Å². The second-order valence-electron chi connectivity index (χ2n) is 5.21. The Morgan fingerprint density at radius 1 is 1.16 bits per heavy atom. The average Bonchev–Trinajstić information content (AvgIpc) is 2.91. The van der Waals surface area contributed by atoms with E-state index in [9.17, 15) is 14.0 Å². The summed E-state index contributed by atoms with van der Waals surface area (Å²) >= 11 is 1.06. The molecule has 1 heterocycles. The number of nitrogens with two attached hydrogens (primary N) is 1. The van der Waals surface area contributed by atoms with Gasteiger partial charge in [-0.05, 0) is 35.9 Å². The van der Waals surface area contributed by atoms with Crippen LogP contribution in [0.1, 0.15) is 5.56 Å². The van der Waals surface area contributed by atoms with Gasteiger partial charge in [0.2, 0.25) is 5.91 Å². The van der Waals surface area contributed by atoms with Gasteiger partial charge in [-0.3, -0.25) is 14.5 Å². The minimum atomic E-state index is -0.514. The maximum Gasteiger partial charge on any atom is 0.283 e. The number of aliphatic imine (C=N–C) groups is 1. The van der Waals surface area contributed by atoms with Crippen molar-refractivity contribution in [3.63, 3.8) is 0 Å². The molecule has 0 unspecified atom stereocenters. The fourth-order valence-corrected chi connectivity index (χ4v) is 3.01. The molecule has 2 amide bonds. The van der Waals surface area contributed by atoms with Crippen molar-refractivity contribution in [3.05, 3.63) is 71.7 Å². The second kappa shape index (κ2) is 7.31. The maximum absolute atomic E-state index is 13.2. The van der Waals surface area contributed by atoms with E-state index in [1.54, 1.807) is 6.08 Å². The molecule has 0 fully saturated rings. The summed E-state index contributed by atoms with van der Waals surface area (Å²) in [6.45, 7) is 0. The van der Waals surface area contributed by atoms with Crippen LogP contribution in [0.15, 0.2) is 65.3 Å². The highest BCUT2D eigenvalue weighted by molar-refractivity contribution is 8.14. The summed E-state index contributed by atoms with van der Waals surface area (Å²) < 4.78 is 13.2. The predicted octanol–water partition coefficient (Wildman–Crippen LogP) is 2.79. The molecule has 0 aromatic heterocycles. The molecule has 2 N–H and O–H groups in total. The molecule has 0 bridgehead atoms. The lowest BCUT2D eigenvalue weighted by atomic mass is 10.2. The van der Waals surface area contributed by atoms with Crippen molar-refractivity contribution >= 4 is 40.5 Å². The number of amides is 2. The standard InChI is InChI=1S/C18H14FN3O2S/c19-13-6-8-14(9-7-13)22-17(24)15(10-12-4-2-1-3-5-12)21-18(22)25-11-16(20)23/h1-10H,11H2,(H2,20,23)/b15-10+. The van der Waals surface area contributed by atoms with Gasteiger partial charge in [-0.25, -0.2) is 9.38 Å². The highest BCUT2D eigenvalue weighted by Gasteiger charge is 2.32. The third-order valence-electron chi connectivity index (χ3n) is 3.36. The van der Waals surface area contributed by atoms with Gasteiger partial charge in [0.1, 0.15) is 11.5 Å². The van der Waals surface area contributed by atoms with E-state index in [0.717, 1.165) is 17.3 Å². The van der Waals surface area contributed by atoms with Gasteiger partial charge in [-0.15, -0.1) is 0 Å². The van der Waals surface area contributed by atoms with Crippen LogP contribution in [-0.4, -0.2) is 22.7 Å². The van der Waals surface area contributed by atoms with Crippen molar-refractivity contribution in [1.29, 1.82) is 0 Å². The molecule has 1 aliphatic rings. The summed E-state index contributed by atoms with van der Waals surface area (Å²) in [5, 5.41) is 0.331. The fraction of sp³-hybridized carbons (Fsp3) is 0.0556. The summed E-state index contributed by atoms with van der Waals surface area (Å²) in [6.07, 6.45) is 1.66. The van der Waals surface area contributed by atoms with Crippen LogP contribution in [0.5, 0.6) is 0 Å². The second-order valence-corrected chi connectivity index (χ2v) is 6.15. The van der Waals surface area contributed by atoms with E-state index in [1.807, 2.05) is 30.3 Å². The summed E-state index contributed by atoms with van der Waals surface area (Å²) in [6, 6.07) is 14.8. The van der Waals surface area contributed by atoms with Gasteiger partial charge < -0.3 is 5.73 Å². The number of carbonyl (C=O) groups is 2. The van der Waals surface area contributed by atoms with Crippen molar-refractivity contribution in [2.24, 2.45) is 10.7 Å². The van der Waals surface area contributed by atoms with Gasteiger partial charge >= 0.3 is 0 Å². The van der Waals surface area contributed by atoms with E-state index in [0.29, 0.717) is 10.9 Å². The molecule has 2 aromatic rings. The van der Waals surface area contributed by atoms with E-state index in [2.05, 4.69) is 4.99 Å². The molecule has 25 heavy (non-hydrogen) atoms. The normalized spacial score (nSPS) is 15.6. The largest absolute Gasteiger partial charge is 0.369 e. The van der Waals surface area contributed by atoms with E-state index in [4.69, 9.17) is 5.73 Å². The zero-order valence-corrected chi connectivity index (χ0v) is 13.9. The number of rotatable bonds is 4. The third-order valence-corrected chi connectivity index (χ3v) is 4.32. The number of halogens is 1. The molecule has 5 nitrogen and oxygen atoms in total. The molecule has 0 saturated carbocycles. The first kappa shape index (κ1) is 16.9. The van der Waals surface area contributed by atoms with E-state index in [1.165, 1.54) is 29.2 Å². The van der Waals surface area contributed by atoms with Crippen LogP contribution < -0.4 is 10.6 Å². The lowest BCUT2D eigenvalue weighted by molar-refractivity contribution is -0.115. The van der Waals surface area contributed by atoms with Crippen LogP contribution in [0.4, 0.5) is 10.1 Å². The Kier molecular flexibility index (Phi) is 4.95. The number of thioether (sulfide) groups is 1. The zero-order chi connectivity index (χ0) is 17.8. The van der Waals surface area contributed by atoms with Gasteiger partial charge in [0, 0.05) is 0 Å². The number of benzene rings is 2. The molecule has 0 aliphatic carbocycles. The first-order valence-corrected chi connectivity index (χ1v) is 8.40. The van der Waals surface area contributed by atoms with Crippen LogP contribution in [0, 0.1) is 5.82 Å². The monoisotopic (exact) mass is 355 g/mol. The minimum absolute atomic E-state index is 0.0115. The Morgan fingerprint density at radius 2 is 1.84 bits per heavy atom. The Hall–Kier alpha value is -2.93. The number of hydrogen-bond donors (Lipinski definition) is 1. The zero-order valence-electron chi connectivity index (χ0n) is 13.1. The third kappa shape index (κ3) is 3.95. The van der Waals surface area contributed by atoms with Crippen LogP contribution in [-0.2, 0) is 9.59 Å². The fourth-order valence-electron chi connectivity index (χ4n) is 2.25. The lowest BCUT2D eigenvalue weighted by Gasteiger charge is -2.17. The number of amidine groups is 1. The summed E-state index contributed by atoms with van der Waals surface area (Å²) in [4.78, 5) is 29.5. The van der Waals surface area contributed by atoms with Crippen molar-refractivity contribution in [3.8, 4) is 0 Å². The Morgan fingerprint density at radius 3 is 2.48 bits per heavy atom. The number of primary amides is 1. The first-order chi connectivity index (χ1) is 12.0. The highest BCUT2D eigenvalue weighted by Crippen LogP contribution is 2.29. The Labute approximate surface area is 148 Å². The van der Waals surface area contributed by atoms with Crippen molar-refractivity contribution < 1.29 is 14.0 Å². The molecule has 126 valence electrons. The van der Waals surface area contributed by atoms with E-state index >= 15 is 0 Å². The Bertz CT molecular complexity index is 864. The molecule has 0 atom stereocenters. The molecule has 7 heteroatoms. The molecule has 0 spiro atoms. The van der Waals surface area contributed by atoms with E-state index in [-0.39, 0.29) is 17.4 Å². The molecule has 0 radical (unpaired) electrons. The predicted molar refractivity (Wildman–Crippen MR) is 97.4 cm³/mol. The topological polar surface area (TPSA) is 75.8 Å². The number of anilines is 1.